The van der Waals surface area contributed by atoms with E-state index >= 15 is 0 Å². The summed E-state index contributed by atoms with van der Waals surface area (Å²) in [6, 6.07) is 0.769. The van der Waals surface area contributed by atoms with Gasteiger partial charge in [0, 0.05) is 58.4 Å². The van der Waals surface area contributed by atoms with E-state index in [1.807, 2.05) is 0 Å². The van der Waals surface area contributed by atoms with Crippen LogP contribution in [0.3, 0.4) is 0 Å². The summed E-state index contributed by atoms with van der Waals surface area (Å²) in [5.74, 6) is 1.68. The Morgan fingerprint density at radius 3 is 2.25 bits per heavy atom. The predicted octanol–water partition coefficient (Wildman–Crippen LogP) is 0.694. The van der Waals surface area contributed by atoms with Gasteiger partial charge >= 0.3 is 0 Å². The molecule has 0 atom stereocenters. The average Bonchev–Trinajstić information content (AvgIpc) is 3.29. The number of piperazine rings is 2. The number of rotatable bonds is 5. The van der Waals surface area contributed by atoms with E-state index < -0.39 is 0 Å². The lowest BCUT2D eigenvalue weighted by molar-refractivity contribution is -0.134. The average molecular weight is 389 g/mol. The topological polar surface area (TPSA) is 65.0 Å². The van der Waals surface area contributed by atoms with Crippen LogP contribution in [-0.2, 0) is 4.79 Å². The summed E-state index contributed by atoms with van der Waals surface area (Å²) in [5.41, 5.74) is 0. The molecular weight excluding hydrogens is 356 g/mol. The first kappa shape index (κ1) is 19.4. The maximum absolute atomic E-state index is 12.7. The van der Waals surface area contributed by atoms with E-state index in [1.54, 1.807) is 19.5 Å². The van der Waals surface area contributed by atoms with Crippen LogP contribution < -0.4 is 9.64 Å². The van der Waals surface area contributed by atoms with Gasteiger partial charge in [-0.25, -0.2) is 9.97 Å². The van der Waals surface area contributed by atoms with Gasteiger partial charge in [0.05, 0.1) is 26.0 Å². The Labute approximate surface area is 167 Å². The molecule has 0 spiro atoms. The molecule has 0 unspecified atom stereocenters. The third kappa shape index (κ3) is 4.55. The first-order chi connectivity index (χ1) is 13.7. The molecule has 2 aliphatic heterocycles. The Hall–Kier alpha value is -1.93. The lowest BCUT2D eigenvalue weighted by Crippen LogP contribution is -2.55. The highest BCUT2D eigenvalue weighted by atomic mass is 16.5. The van der Waals surface area contributed by atoms with Crippen molar-refractivity contribution in [3.05, 3.63) is 12.4 Å². The van der Waals surface area contributed by atoms with Crippen LogP contribution in [-0.4, -0.2) is 103 Å². The van der Waals surface area contributed by atoms with E-state index in [-0.39, 0.29) is 5.91 Å². The number of hydrogen-bond acceptors (Lipinski definition) is 7. The fraction of sp³-hybridized carbons (Fsp3) is 0.750. The van der Waals surface area contributed by atoms with E-state index in [9.17, 15) is 4.79 Å². The van der Waals surface area contributed by atoms with Gasteiger partial charge in [0.2, 0.25) is 11.9 Å². The highest BCUT2D eigenvalue weighted by Crippen LogP contribution is 2.24. The Morgan fingerprint density at radius 2 is 1.64 bits per heavy atom. The standard InChI is InChI=1S/C20H32N6O2/c1-28-18-14-21-20(22-15-18)26-8-6-23(7-9-26)16-19(27)25-12-10-24(11-13-25)17-4-2-3-5-17/h14-15,17H,2-13,16H2,1H3. The SMILES string of the molecule is COc1cnc(N2CCN(CC(=O)N3CCN(C4CCCC4)CC3)CC2)nc1. The maximum atomic E-state index is 12.7. The van der Waals surface area contributed by atoms with Crippen LogP contribution in [0.4, 0.5) is 5.95 Å². The molecule has 0 aromatic carbocycles. The Balaban J connectivity index is 1.19. The summed E-state index contributed by atoms with van der Waals surface area (Å²) >= 11 is 0. The van der Waals surface area contributed by atoms with Gasteiger partial charge in [-0.15, -0.1) is 0 Å². The summed E-state index contributed by atoms with van der Waals surface area (Å²) in [6.07, 6.45) is 8.83. The number of carbonyl (C=O) groups is 1. The molecule has 0 radical (unpaired) electrons. The van der Waals surface area contributed by atoms with Crippen molar-refractivity contribution < 1.29 is 9.53 Å². The summed E-state index contributed by atoms with van der Waals surface area (Å²) < 4.78 is 5.11. The highest BCUT2D eigenvalue weighted by molar-refractivity contribution is 5.78. The van der Waals surface area contributed by atoms with Gasteiger partial charge in [-0.1, -0.05) is 12.8 Å². The van der Waals surface area contributed by atoms with Gasteiger partial charge in [-0.05, 0) is 12.8 Å². The van der Waals surface area contributed by atoms with Gasteiger partial charge in [-0.2, -0.15) is 0 Å². The van der Waals surface area contributed by atoms with Crippen molar-refractivity contribution in [3.8, 4) is 5.75 Å². The molecule has 3 fully saturated rings. The van der Waals surface area contributed by atoms with E-state index in [1.165, 1.54) is 25.7 Å². The quantitative estimate of drug-likeness (QED) is 0.735. The zero-order chi connectivity index (χ0) is 19.3. The minimum Gasteiger partial charge on any atom is -0.494 e. The van der Waals surface area contributed by atoms with Gasteiger partial charge in [0.1, 0.15) is 0 Å². The van der Waals surface area contributed by atoms with Crippen molar-refractivity contribution in [2.24, 2.45) is 0 Å². The molecule has 1 amide bonds. The molecule has 1 saturated carbocycles. The van der Waals surface area contributed by atoms with E-state index in [4.69, 9.17) is 4.74 Å². The molecule has 8 heteroatoms. The summed E-state index contributed by atoms with van der Waals surface area (Å²) in [5, 5.41) is 0. The molecule has 4 rings (SSSR count). The molecular formula is C20H32N6O2. The summed E-state index contributed by atoms with van der Waals surface area (Å²) in [4.78, 5) is 30.5. The van der Waals surface area contributed by atoms with E-state index in [0.29, 0.717) is 12.3 Å². The van der Waals surface area contributed by atoms with Crippen molar-refractivity contribution >= 4 is 11.9 Å². The fourth-order valence-corrected chi connectivity index (χ4v) is 4.58. The number of anilines is 1. The zero-order valence-electron chi connectivity index (χ0n) is 16.9. The normalized spacial score (nSPS) is 22.6. The number of amides is 1. The molecule has 0 bridgehead atoms. The van der Waals surface area contributed by atoms with Crippen molar-refractivity contribution in [1.82, 2.24) is 24.7 Å². The van der Waals surface area contributed by atoms with Crippen molar-refractivity contribution in [1.29, 1.82) is 0 Å². The Bertz CT molecular complexity index is 633. The second kappa shape index (κ2) is 9.05. The number of nitrogens with zero attached hydrogens (tertiary/aromatic N) is 6. The van der Waals surface area contributed by atoms with Crippen LogP contribution in [0.25, 0.3) is 0 Å². The third-order valence-electron chi connectivity index (χ3n) is 6.37. The van der Waals surface area contributed by atoms with Crippen molar-refractivity contribution in [3.63, 3.8) is 0 Å². The number of methoxy groups -OCH3 is 1. The molecule has 154 valence electrons. The van der Waals surface area contributed by atoms with E-state index in [2.05, 4.69) is 29.6 Å². The van der Waals surface area contributed by atoms with Gasteiger partial charge in [-0.3, -0.25) is 14.6 Å². The van der Waals surface area contributed by atoms with Crippen molar-refractivity contribution in [2.45, 2.75) is 31.7 Å². The fourth-order valence-electron chi connectivity index (χ4n) is 4.58. The molecule has 1 aromatic rings. The van der Waals surface area contributed by atoms with Gasteiger partial charge in [0.15, 0.2) is 5.75 Å². The number of carbonyl (C=O) groups excluding carboxylic acids is 1. The molecule has 3 aliphatic rings. The number of ether oxygens (including phenoxy) is 1. The molecule has 28 heavy (non-hydrogen) atoms. The lowest BCUT2D eigenvalue weighted by atomic mass is 10.2. The molecule has 8 nitrogen and oxygen atoms in total. The second-order valence-corrected chi connectivity index (χ2v) is 8.04. The zero-order valence-corrected chi connectivity index (χ0v) is 16.9. The minimum absolute atomic E-state index is 0.278. The first-order valence-electron chi connectivity index (χ1n) is 10.6. The van der Waals surface area contributed by atoms with Crippen LogP contribution >= 0.6 is 0 Å². The first-order valence-corrected chi connectivity index (χ1v) is 10.6. The Kier molecular flexibility index (Phi) is 6.26. The predicted molar refractivity (Wildman–Crippen MR) is 108 cm³/mol. The van der Waals surface area contributed by atoms with Crippen LogP contribution in [0, 0.1) is 0 Å². The molecule has 0 N–H and O–H groups in total. The smallest absolute Gasteiger partial charge is 0.236 e. The minimum atomic E-state index is 0.278. The largest absolute Gasteiger partial charge is 0.494 e. The van der Waals surface area contributed by atoms with E-state index in [0.717, 1.165) is 64.3 Å². The monoisotopic (exact) mass is 388 g/mol. The second-order valence-electron chi connectivity index (χ2n) is 8.04. The van der Waals surface area contributed by atoms with Crippen LogP contribution in [0.15, 0.2) is 12.4 Å². The van der Waals surface area contributed by atoms with Gasteiger partial charge in [0.25, 0.3) is 0 Å². The number of hydrogen-bond donors (Lipinski definition) is 0. The third-order valence-corrected chi connectivity index (χ3v) is 6.37. The Morgan fingerprint density at radius 1 is 1.00 bits per heavy atom. The highest BCUT2D eigenvalue weighted by Gasteiger charge is 2.29. The molecule has 3 heterocycles. The molecule has 1 aliphatic carbocycles. The van der Waals surface area contributed by atoms with Crippen molar-refractivity contribution in [2.75, 3.05) is 70.9 Å². The maximum Gasteiger partial charge on any atom is 0.236 e. The van der Waals surface area contributed by atoms with Gasteiger partial charge < -0.3 is 14.5 Å². The molecule has 2 saturated heterocycles. The molecule has 1 aromatic heterocycles. The lowest BCUT2D eigenvalue weighted by Gasteiger charge is -2.39. The summed E-state index contributed by atoms with van der Waals surface area (Å²) in [7, 11) is 1.61. The van der Waals surface area contributed by atoms with Crippen LogP contribution in [0.2, 0.25) is 0 Å². The van der Waals surface area contributed by atoms with Crippen LogP contribution in [0.1, 0.15) is 25.7 Å². The number of aromatic nitrogens is 2. The summed E-state index contributed by atoms with van der Waals surface area (Å²) in [6.45, 7) is 7.79. The van der Waals surface area contributed by atoms with Crippen LogP contribution in [0.5, 0.6) is 5.75 Å².